The quantitative estimate of drug-likeness (QED) is 0.767. The van der Waals surface area contributed by atoms with Crippen LogP contribution in [-0.2, 0) is 4.74 Å². The molecule has 0 N–H and O–H groups in total. The average molecular weight is 248 g/mol. The van der Waals surface area contributed by atoms with Crippen molar-refractivity contribution >= 4 is 5.52 Å². The number of pyridine rings is 1. The number of aryl methyl sites for hydroxylation is 1. The van der Waals surface area contributed by atoms with Crippen molar-refractivity contribution in [1.82, 2.24) is 9.38 Å². The molecule has 0 unspecified atom stereocenters. The second-order valence-corrected chi connectivity index (χ2v) is 3.85. The number of nitrogens with zero attached hydrogens (tertiary/aromatic N) is 2. The van der Waals surface area contributed by atoms with Gasteiger partial charge >= 0.3 is 0 Å². The largest absolute Gasteiger partial charge is 0.380 e. The Morgan fingerprint density at radius 2 is 1.89 bits per heavy atom. The molecule has 3 heteroatoms. The van der Waals surface area contributed by atoms with Gasteiger partial charge in [0.1, 0.15) is 5.82 Å². The van der Waals surface area contributed by atoms with Crippen molar-refractivity contribution in [3.63, 3.8) is 0 Å². The smallest absolute Gasteiger partial charge is 0.121 e. The highest BCUT2D eigenvalue weighted by atomic mass is 16.5. The van der Waals surface area contributed by atoms with E-state index in [1.807, 2.05) is 33.9 Å². The van der Waals surface area contributed by atoms with Crippen LogP contribution in [-0.4, -0.2) is 22.6 Å². The third kappa shape index (κ3) is 2.91. The van der Waals surface area contributed by atoms with E-state index in [2.05, 4.69) is 34.6 Å². The molecule has 2 aromatic heterocycles. The molecule has 1 saturated heterocycles. The highest BCUT2D eigenvalue weighted by Crippen LogP contribution is 2.23. The van der Waals surface area contributed by atoms with Gasteiger partial charge in [-0.2, -0.15) is 0 Å². The molecule has 0 amide bonds. The summed E-state index contributed by atoms with van der Waals surface area (Å²) in [4.78, 5) is 4.44. The van der Waals surface area contributed by atoms with E-state index in [0.29, 0.717) is 5.92 Å². The lowest BCUT2D eigenvalue weighted by molar-refractivity contribution is 0.00466. The Morgan fingerprint density at radius 3 is 2.44 bits per heavy atom. The topological polar surface area (TPSA) is 26.5 Å². The highest BCUT2D eigenvalue weighted by Gasteiger charge is 2.24. The molecule has 0 saturated carbocycles. The van der Waals surface area contributed by atoms with Gasteiger partial charge in [0.05, 0.1) is 30.8 Å². The lowest BCUT2D eigenvalue weighted by Gasteiger charge is -2.24. The zero-order chi connectivity index (χ0) is 13.5. The Hall–Kier alpha value is -1.35. The van der Waals surface area contributed by atoms with E-state index in [9.17, 15) is 0 Å². The first-order valence-corrected chi connectivity index (χ1v) is 6.86. The van der Waals surface area contributed by atoms with Gasteiger partial charge in [-0.15, -0.1) is 0 Å². The molecule has 1 fully saturated rings. The summed E-state index contributed by atoms with van der Waals surface area (Å²) in [7, 11) is 0. The molecule has 2 aromatic rings. The average Bonchev–Trinajstić information content (AvgIpc) is 2.75. The van der Waals surface area contributed by atoms with Crippen LogP contribution >= 0.6 is 0 Å². The molecular formula is C15H24N2O. The lowest BCUT2D eigenvalue weighted by Crippen LogP contribution is -2.27. The van der Waals surface area contributed by atoms with Crippen molar-refractivity contribution in [3.05, 3.63) is 35.9 Å². The van der Waals surface area contributed by atoms with Crippen LogP contribution in [0.2, 0.25) is 0 Å². The van der Waals surface area contributed by atoms with Crippen molar-refractivity contribution in [3.8, 4) is 0 Å². The van der Waals surface area contributed by atoms with Crippen molar-refractivity contribution < 1.29 is 4.74 Å². The van der Waals surface area contributed by atoms with Crippen molar-refractivity contribution in [2.75, 3.05) is 13.2 Å². The van der Waals surface area contributed by atoms with E-state index in [1.165, 1.54) is 11.1 Å². The molecule has 0 bridgehead atoms. The molecule has 0 atom stereocenters. The van der Waals surface area contributed by atoms with Crippen LogP contribution in [0.3, 0.4) is 0 Å². The van der Waals surface area contributed by atoms with E-state index in [1.54, 1.807) is 0 Å². The lowest BCUT2D eigenvalue weighted by atomic mass is 10.1. The first-order valence-electron chi connectivity index (χ1n) is 6.86. The van der Waals surface area contributed by atoms with E-state index in [4.69, 9.17) is 4.74 Å². The third-order valence-corrected chi connectivity index (χ3v) is 2.72. The zero-order valence-electron chi connectivity index (χ0n) is 12.1. The van der Waals surface area contributed by atoms with Gasteiger partial charge in [0.25, 0.3) is 0 Å². The fourth-order valence-electron chi connectivity index (χ4n) is 1.82. The van der Waals surface area contributed by atoms with Gasteiger partial charge < -0.3 is 9.14 Å². The number of rotatable bonds is 1. The van der Waals surface area contributed by atoms with Crippen LogP contribution in [0, 0.1) is 6.92 Å². The minimum absolute atomic E-state index is 0.486. The summed E-state index contributed by atoms with van der Waals surface area (Å²) in [5.41, 5.74) is 2.45. The maximum atomic E-state index is 5.18. The molecule has 3 rings (SSSR count). The van der Waals surface area contributed by atoms with Gasteiger partial charge in [0, 0.05) is 6.20 Å². The fraction of sp³-hybridized carbons (Fsp3) is 0.533. The van der Waals surface area contributed by atoms with Crippen molar-refractivity contribution in [2.24, 2.45) is 0 Å². The van der Waals surface area contributed by atoms with E-state index >= 15 is 0 Å². The van der Waals surface area contributed by atoms with Crippen LogP contribution in [0.1, 0.15) is 45.0 Å². The minimum Gasteiger partial charge on any atom is -0.380 e. The molecule has 3 nitrogen and oxygen atoms in total. The first kappa shape index (κ1) is 14.7. The van der Waals surface area contributed by atoms with Crippen molar-refractivity contribution in [2.45, 2.75) is 40.5 Å². The van der Waals surface area contributed by atoms with Gasteiger partial charge in [-0.05, 0) is 24.6 Å². The van der Waals surface area contributed by atoms with Crippen LogP contribution in [0.4, 0.5) is 0 Å². The minimum atomic E-state index is 0.486. The number of aromatic nitrogens is 2. The number of ether oxygens (including phenoxy) is 1. The number of hydrogen-bond acceptors (Lipinski definition) is 2. The maximum Gasteiger partial charge on any atom is 0.121 e. The fourth-order valence-corrected chi connectivity index (χ4v) is 1.82. The van der Waals surface area contributed by atoms with Gasteiger partial charge in [-0.1, -0.05) is 27.7 Å². The Morgan fingerprint density at radius 1 is 1.22 bits per heavy atom. The molecule has 3 heterocycles. The normalized spacial score (nSPS) is 14.1. The summed E-state index contributed by atoms with van der Waals surface area (Å²) in [5.74, 6) is 1.62. The van der Waals surface area contributed by atoms with Crippen LogP contribution < -0.4 is 0 Å². The molecule has 0 aliphatic carbocycles. The Kier molecular flexibility index (Phi) is 5.86. The monoisotopic (exact) mass is 248 g/mol. The summed E-state index contributed by atoms with van der Waals surface area (Å²) in [6, 6.07) is 4.26. The third-order valence-electron chi connectivity index (χ3n) is 2.72. The summed E-state index contributed by atoms with van der Waals surface area (Å²) >= 11 is 0. The summed E-state index contributed by atoms with van der Waals surface area (Å²) in [6.07, 6.45) is 4.02. The van der Waals surface area contributed by atoms with E-state index < -0.39 is 0 Å². The molecule has 0 radical (unpaired) electrons. The Labute approximate surface area is 110 Å². The number of fused-ring (bicyclic) bond motifs is 1. The van der Waals surface area contributed by atoms with Gasteiger partial charge in [-0.3, -0.25) is 0 Å². The van der Waals surface area contributed by atoms with E-state index in [0.717, 1.165) is 19.0 Å². The highest BCUT2D eigenvalue weighted by molar-refractivity contribution is 5.48. The van der Waals surface area contributed by atoms with Crippen LogP contribution in [0.5, 0.6) is 0 Å². The Balaban J connectivity index is 0.000000371. The predicted molar refractivity (Wildman–Crippen MR) is 76.2 cm³/mol. The molecular weight excluding hydrogens is 224 g/mol. The zero-order valence-corrected chi connectivity index (χ0v) is 12.1. The molecule has 1 aliphatic rings. The molecule has 0 spiro atoms. The van der Waals surface area contributed by atoms with Gasteiger partial charge in [0.15, 0.2) is 0 Å². The molecule has 100 valence electrons. The second kappa shape index (κ2) is 7.17. The first-order chi connectivity index (χ1) is 8.84. The van der Waals surface area contributed by atoms with Gasteiger partial charge in [0.2, 0.25) is 0 Å². The Bertz CT molecular complexity index is 472. The maximum absolute atomic E-state index is 5.18. The van der Waals surface area contributed by atoms with Crippen LogP contribution in [0.25, 0.3) is 5.52 Å². The second-order valence-electron chi connectivity index (χ2n) is 3.85. The summed E-state index contributed by atoms with van der Waals surface area (Å²) < 4.78 is 7.33. The van der Waals surface area contributed by atoms with E-state index in [-0.39, 0.29) is 0 Å². The SMILES string of the molecule is CC.CC.Cc1ccn2c(C3COC3)ncc2c1. The summed E-state index contributed by atoms with van der Waals surface area (Å²) in [6.45, 7) is 11.7. The predicted octanol–water partition coefficient (Wildman–Crippen LogP) is 3.81. The van der Waals surface area contributed by atoms with Crippen LogP contribution in [0.15, 0.2) is 24.5 Å². The molecule has 0 aromatic carbocycles. The summed E-state index contributed by atoms with van der Waals surface area (Å²) in [5, 5.41) is 0. The van der Waals surface area contributed by atoms with Crippen molar-refractivity contribution in [1.29, 1.82) is 0 Å². The molecule has 1 aliphatic heterocycles. The molecule has 18 heavy (non-hydrogen) atoms. The standard InChI is InChI=1S/C11H12N2O.2C2H6/c1-8-2-3-13-10(4-8)5-12-11(13)9-6-14-7-9;2*1-2/h2-5,9H,6-7H2,1H3;2*1-2H3. The van der Waals surface area contributed by atoms with Gasteiger partial charge in [-0.25, -0.2) is 4.98 Å². The number of hydrogen-bond donors (Lipinski definition) is 0. The number of imidazole rings is 1.